The van der Waals surface area contributed by atoms with Gasteiger partial charge in [-0.2, -0.15) is 0 Å². The molecule has 20 heavy (non-hydrogen) atoms. The highest BCUT2D eigenvalue weighted by atomic mass is 16.3. The first-order valence-corrected chi connectivity index (χ1v) is 7.25. The topological polar surface area (TPSA) is 78.4 Å². The number of anilines is 1. The van der Waals surface area contributed by atoms with E-state index in [4.69, 9.17) is 0 Å². The molecule has 0 aliphatic carbocycles. The molecule has 0 spiro atoms. The van der Waals surface area contributed by atoms with Crippen molar-refractivity contribution < 1.29 is 9.90 Å². The van der Waals surface area contributed by atoms with Crippen LogP contribution in [0.4, 0.5) is 5.82 Å². The van der Waals surface area contributed by atoms with Crippen LogP contribution in [0.25, 0.3) is 0 Å². The standard InChI is InChI=1S/C14H20N4O2/c1-2-16-13-8-15-7-12(17-13)14(20)18-9-3-4-10(18)6-11(19)5-9/h7-11,19H,2-6H2,1H3,(H,16,17). The van der Waals surface area contributed by atoms with Crippen molar-refractivity contribution in [1.29, 1.82) is 0 Å². The van der Waals surface area contributed by atoms with Crippen LogP contribution in [-0.2, 0) is 0 Å². The Kier molecular flexibility index (Phi) is 3.56. The molecule has 1 amide bonds. The van der Waals surface area contributed by atoms with E-state index in [9.17, 15) is 9.90 Å². The second kappa shape index (κ2) is 5.36. The molecule has 3 heterocycles. The Bertz CT molecular complexity index is 494. The third kappa shape index (κ3) is 2.35. The number of hydrogen-bond acceptors (Lipinski definition) is 5. The van der Waals surface area contributed by atoms with E-state index in [0.29, 0.717) is 24.4 Å². The van der Waals surface area contributed by atoms with Crippen molar-refractivity contribution in [3.8, 4) is 0 Å². The number of piperidine rings is 1. The van der Waals surface area contributed by atoms with E-state index >= 15 is 0 Å². The van der Waals surface area contributed by atoms with Crippen molar-refractivity contribution >= 4 is 11.7 Å². The molecule has 6 heteroatoms. The number of carbonyl (C=O) groups excluding carboxylic acids is 1. The number of amides is 1. The monoisotopic (exact) mass is 276 g/mol. The van der Waals surface area contributed by atoms with Crippen LogP contribution in [0.2, 0.25) is 0 Å². The van der Waals surface area contributed by atoms with E-state index in [0.717, 1.165) is 19.4 Å². The van der Waals surface area contributed by atoms with Crippen molar-refractivity contribution in [1.82, 2.24) is 14.9 Å². The van der Waals surface area contributed by atoms with Crippen molar-refractivity contribution in [2.45, 2.75) is 50.8 Å². The zero-order chi connectivity index (χ0) is 14.1. The Morgan fingerprint density at radius 2 is 2.10 bits per heavy atom. The first-order valence-electron chi connectivity index (χ1n) is 7.25. The second-order valence-electron chi connectivity index (χ2n) is 5.54. The van der Waals surface area contributed by atoms with Crippen LogP contribution in [0, 0.1) is 0 Å². The van der Waals surface area contributed by atoms with Gasteiger partial charge in [-0.1, -0.05) is 0 Å². The summed E-state index contributed by atoms with van der Waals surface area (Å²) in [6, 6.07) is 0.307. The van der Waals surface area contributed by atoms with E-state index in [1.807, 2.05) is 11.8 Å². The second-order valence-corrected chi connectivity index (χ2v) is 5.54. The van der Waals surface area contributed by atoms with Gasteiger partial charge in [-0.05, 0) is 32.6 Å². The molecule has 2 aliphatic rings. The first-order chi connectivity index (χ1) is 9.69. The van der Waals surface area contributed by atoms with Gasteiger partial charge in [0.25, 0.3) is 5.91 Å². The average molecular weight is 276 g/mol. The lowest BCUT2D eigenvalue weighted by Gasteiger charge is -2.36. The van der Waals surface area contributed by atoms with Crippen LogP contribution < -0.4 is 5.32 Å². The molecule has 1 aromatic heterocycles. The van der Waals surface area contributed by atoms with Gasteiger partial charge in [-0.25, -0.2) is 4.98 Å². The summed E-state index contributed by atoms with van der Waals surface area (Å²) in [5.41, 5.74) is 0.386. The Morgan fingerprint density at radius 1 is 1.40 bits per heavy atom. The predicted molar refractivity (Wildman–Crippen MR) is 74.4 cm³/mol. The summed E-state index contributed by atoms with van der Waals surface area (Å²) < 4.78 is 0. The summed E-state index contributed by atoms with van der Waals surface area (Å²) >= 11 is 0. The maximum atomic E-state index is 12.6. The summed E-state index contributed by atoms with van der Waals surface area (Å²) in [4.78, 5) is 23.0. The smallest absolute Gasteiger partial charge is 0.274 e. The number of rotatable bonds is 3. The number of carbonyl (C=O) groups is 1. The number of aliphatic hydroxyl groups is 1. The van der Waals surface area contributed by atoms with Crippen LogP contribution in [0.5, 0.6) is 0 Å². The highest BCUT2D eigenvalue weighted by Crippen LogP contribution is 2.36. The molecule has 2 unspecified atom stereocenters. The number of nitrogens with one attached hydrogen (secondary N) is 1. The van der Waals surface area contributed by atoms with Gasteiger partial charge in [-0.3, -0.25) is 9.78 Å². The molecule has 2 N–H and O–H groups in total. The fourth-order valence-corrected chi connectivity index (χ4v) is 3.35. The minimum atomic E-state index is -0.268. The van der Waals surface area contributed by atoms with Gasteiger partial charge in [0.1, 0.15) is 11.5 Å². The van der Waals surface area contributed by atoms with Crippen molar-refractivity contribution in [2.24, 2.45) is 0 Å². The molecular formula is C14H20N4O2. The van der Waals surface area contributed by atoms with Crippen LogP contribution in [-0.4, -0.2) is 50.6 Å². The van der Waals surface area contributed by atoms with Gasteiger partial charge in [0.2, 0.25) is 0 Å². The number of aliphatic hydroxyl groups excluding tert-OH is 1. The van der Waals surface area contributed by atoms with Crippen molar-refractivity contribution in [3.05, 3.63) is 18.1 Å². The van der Waals surface area contributed by atoms with Gasteiger partial charge < -0.3 is 15.3 Å². The summed E-state index contributed by atoms with van der Waals surface area (Å²) in [6.07, 6.45) is 6.20. The lowest BCUT2D eigenvalue weighted by molar-refractivity contribution is 0.0282. The largest absolute Gasteiger partial charge is 0.393 e. The van der Waals surface area contributed by atoms with Crippen LogP contribution in [0.1, 0.15) is 43.1 Å². The van der Waals surface area contributed by atoms with Gasteiger partial charge in [0.15, 0.2) is 0 Å². The third-order valence-electron chi connectivity index (χ3n) is 4.15. The summed E-state index contributed by atoms with van der Waals surface area (Å²) in [6.45, 7) is 2.72. The van der Waals surface area contributed by atoms with E-state index in [1.165, 1.54) is 6.20 Å². The van der Waals surface area contributed by atoms with E-state index < -0.39 is 0 Å². The fourth-order valence-electron chi connectivity index (χ4n) is 3.35. The van der Waals surface area contributed by atoms with E-state index in [-0.39, 0.29) is 24.1 Å². The number of fused-ring (bicyclic) bond motifs is 2. The molecule has 108 valence electrons. The quantitative estimate of drug-likeness (QED) is 0.862. The zero-order valence-corrected chi connectivity index (χ0v) is 11.6. The van der Waals surface area contributed by atoms with Gasteiger partial charge >= 0.3 is 0 Å². The Labute approximate surface area is 118 Å². The molecule has 2 bridgehead atoms. The maximum absolute atomic E-state index is 12.6. The number of hydrogen-bond donors (Lipinski definition) is 2. The molecular weight excluding hydrogens is 256 g/mol. The minimum absolute atomic E-state index is 0.0587. The Hall–Kier alpha value is -1.69. The zero-order valence-electron chi connectivity index (χ0n) is 11.6. The normalized spacial score (nSPS) is 28.5. The molecule has 0 saturated carbocycles. The van der Waals surface area contributed by atoms with E-state index in [2.05, 4.69) is 15.3 Å². The molecule has 2 saturated heterocycles. The fraction of sp³-hybridized carbons (Fsp3) is 0.643. The molecule has 0 radical (unpaired) electrons. The lowest BCUT2D eigenvalue weighted by Crippen LogP contribution is -2.48. The van der Waals surface area contributed by atoms with E-state index in [1.54, 1.807) is 6.20 Å². The van der Waals surface area contributed by atoms with Gasteiger partial charge in [-0.15, -0.1) is 0 Å². The summed E-state index contributed by atoms with van der Waals surface area (Å²) in [7, 11) is 0. The van der Waals surface area contributed by atoms with Crippen LogP contribution in [0.3, 0.4) is 0 Å². The third-order valence-corrected chi connectivity index (χ3v) is 4.15. The molecule has 3 rings (SSSR count). The molecule has 6 nitrogen and oxygen atoms in total. The van der Waals surface area contributed by atoms with Crippen molar-refractivity contribution in [2.75, 3.05) is 11.9 Å². The Balaban J connectivity index is 1.81. The maximum Gasteiger partial charge on any atom is 0.274 e. The summed E-state index contributed by atoms with van der Waals surface area (Å²) in [5, 5.41) is 12.9. The molecule has 2 fully saturated rings. The number of aromatic nitrogens is 2. The highest BCUT2D eigenvalue weighted by molar-refractivity contribution is 5.93. The average Bonchev–Trinajstić information content (AvgIpc) is 2.71. The first kappa shape index (κ1) is 13.3. The van der Waals surface area contributed by atoms with Gasteiger partial charge in [0.05, 0.1) is 18.5 Å². The Morgan fingerprint density at radius 3 is 2.75 bits per heavy atom. The predicted octanol–water partition coefficient (Wildman–Crippen LogP) is 1.04. The number of nitrogens with zero attached hydrogens (tertiary/aromatic N) is 3. The van der Waals surface area contributed by atoms with Gasteiger partial charge in [0, 0.05) is 18.6 Å². The minimum Gasteiger partial charge on any atom is -0.393 e. The SMILES string of the molecule is CCNc1cncc(C(=O)N2C3CCC2CC(O)C3)n1. The van der Waals surface area contributed by atoms with Crippen molar-refractivity contribution in [3.63, 3.8) is 0 Å². The lowest BCUT2D eigenvalue weighted by atomic mass is 9.99. The van der Waals surface area contributed by atoms with Crippen LogP contribution >= 0.6 is 0 Å². The highest BCUT2D eigenvalue weighted by Gasteiger charge is 2.43. The molecule has 2 atom stereocenters. The molecule has 0 aromatic carbocycles. The molecule has 2 aliphatic heterocycles. The summed E-state index contributed by atoms with van der Waals surface area (Å²) in [5.74, 6) is 0.569. The van der Waals surface area contributed by atoms with Crippen LogP contribution in [0.15, 0.2) is 12.4 Å². The molecule has 1 aromatic rings.